The summed E-state index contributed by atoms with van der Waals surface area (Å²) < 4.78 is 0. The van der Waals surface area contributed by atoms with Gasteiger partial charge in [0.05, 0.1) is 0 Å². The van der Waals surface area contributed by atoms with Crippen LogP contribution in [0.15, 0.2) is 58.7 Å². The molecule has 0 nitrogen and oxygen atoms in total. The molecule has 0 saturated carbocycles. The minimum atomic E-state index is 0.724. The molecule has 1 atom stereocenters. The van der Waals surface area contributed by atoms with E-state index < -0.39 is 0 Å². The van der Waals surface area contributed by atoms with Gasteiger partial charge in [-0.2, -0.15) is 0 Å². The molecule has 0 aromatic carbocycles. The van der Waals surface area contributed by atoms with E-state index in [2.05, 4.69) is 43.4 Å². The lowest BCUT2D eigenvalue weighted by Crippen LogP contribution is -2.03. The fraction of sp³-hybridized carbons (Fsp3) is 0.333. The molecule has 0 heteroatoms. The summed E-state index contributed by atoms with van der Waals surface area (Å²) >= 11 is 0. The third-order valence-corrected chi connectivity index (χ3v) is 3.62. The van der Waals surface area contributed by atoms with Crippen LogP contribution in [0.1, 0.15) is 26.2 Å². The van der Waals surface area contributed by atoms with E-state index in [1.165, 1.54) is 24.0 Å². The van der Waals surface area contributed by atoms with Crippen LogP contribution in [0.5, 0.6) is 0 Å². The summed E-state index contributed by atoms with van der Waals surface area (Å²) in [5, 5.41) is 0. The highest BCUT2D eigenvalue weighted by Gasteiger charge is 2.18. The summed E-state index contributed by atoms with van der Waals surface area (Å²) in [4.78, 5) is 0. The first-order valence-corrected chi connectivity index (χ1v) is 5.77. The molecule has 15 heavy (non-hydrogen) atoms. The minimum Gasteiger partial charge on any atom is -0.0802 e. The lowest BCUT2D eigenvalue weighted by Gasteiger charge is -2.18. The van der Waals surface area contributed by atoms with Crippen LogP contribution in [0.25, 0.3) is 0 Å². The van der Waals surface area contributed by atoms with Gasteiger partial charge in [-0.15, -0.1) is 0 Å². The molecule has 4 rings (SSSR count). The lowest BCUT2D eigenvalue weighted by atomic mass is 9.87. The second kappa shape index (κ2) is 3.37. The van der Waals surface area contributed by atoms with E-state index in [1.54, 1.807) is 11.1 Å². The summed E-state index contributed by atoms with van der Waals surface area (Å²) in [6, 6.07) is 0. The normalized spacial score (nSPS) is 30.3. The number of hydrogen-bond acceptors (Lipinski definition) is 0. The van der Waals surface area contributed by atoms with Gasteiger partial charge in [0.15, 0.2) is 0 Å². The highest BCUT2D eigenvalue weighted by Crippen LogP contribution is 2.34. The van der Waals surface area contributed by atoms with Gasteiger partial charge in [0.25, 0.3) is 0 Å². The van der Waals surface area contributed by atoms with Gasteiger partial charge >= 0.3 is 0 Å². The van der Waals surface area contributed by atoms with Crippen molar-refractivity contribution in [3.05, 3.63) is 58.7 Å². The molecule has 0 amide bonds. The highest BCUT2D eigenvalue weighted by molar-refractivity contribution is 5.48. The van der Waals surface area contributed by atoms with Crippen LogP contribution in [-0.2, 0) is 0 Å². The number of fused-ring (bicyclic) bond motifs is 1. The lowest BCUT2D eigenvalue weighted by molar-refractivity contribution is 0.632. The zero-order valence-corrected chi connectivity index (χ0v) is 9.16. The maximum Gasteiger partial charge on any atom is -0.00915 e. The third-order valence-electron chi connectivity index (χ3n) is 3.62. The Morgan fingerprint density at radius 3 is 2.80 bits per heavy atom. The van der Waals surface area contributed by atoms with Crippen LogP contribution in [0, 0.1) is 5.92 Å². The van der Waals surface area contributed by atoms with Crippen molar-refractivity contribution in [2.24, 2.45) is 5.92 Å². The second-order valence-electron chi connectivity index (χ2n) is 4.75. The van der Waals surface area contributed by atoms with E-state index >= 15 is 0 Å². The molecule has 4 aliphatic carbocycles. The van der Waals surface area contributed by atoms with Crippen LogP contribution in [0.3, 0.4) is 0 Å². The Kier molecular flexibility index (Phi) is 2.02. The molecule has 0 aliphatic heterocycles. The number of hydrogen-bond donors (Lipinski definition) is 0. The van der Waals surface area contributed by atoms with E-state index in [9.17, 15) is 0 Å². The zero-order chi connectivity index (χ0) is 10.3. The van der Waals surface area contributed by atoms with Gasteiger partial charge in [0.1, 0.15) is 0 Å². The average Bonchev–Trinajstić information content (AvgIpc) is 2.65. The molecule has 4 aliphatic rings. The zero-order valence-electron chi connectivity index (χ0n) is 9.16. The second-order valence-corrected chi connectivity index (χ2v) is 4.75. The maximum atomic E-state index is 2.38. The van der Waals surface area contributed by atoms with Crippen LogP contribution in [0.2, 0.25) is 0 Å². The van der Waals surface area contributed by atoms with Crippen LogP contribution in [0.4, 0.5) is 0 Å². The molecule has 1 unspecified atom stereocenters. The van der Waals surface area contributed by atoms with Gasteiger partial charge in [-0.1, -0.05) is 42.0 Å². The quantitative estimate of drug-likeness (QED) is 0.547. The Morgan fingerprint density at radius 2 is 1.93 bits per heavy atom. The monoisotopic (exact) mass is 196 g/mol. The molecule has 0 fully saturated rings. The summed E-state index contributed by atoms with van der Waals surface area (Å²) in [7, 11) is 0. The first kappa shape index (κ1) is 8.96. The Bertz CT molecular complexity index is 439. The Labute approximate surface area is 91.4 Å². The fourth-order valence-electron chi connectivity index (χ4n) is 2.71. The van der Waals surface area contributed by atoms with E-state index in [4.69, 9.17) is 0 Å². The van der Waals surface area contributed by atoms with Crippen LogP contribution >= 0.6 is 0 Å². The van der Waals surface area contributed by atoms with Gasteiger partial charge in [-0.3, -0.25) is 0 Å². The van der Waals surface area contributed by atoms with Gasteiger partial charge < -0.3 is 0 Å². The molecule has 0 spiro atoms. The third kappa shape index (κ3) is 1.54. The molecule has 0 saturated heterocycles. The molecule has 0 radical (unpaired) electrons. The SMILES string of the molecule is CC1=C2C=CC(C1)CC1=C(/C=C\2)CC=C1. The molecule has 0 N–H and O–H groups in total. The molecule has 2 bridgehead atoms. The van der Waals surface area contributed by atoms with Gasteiger partial charge in [-0.05, 0) is 48.8 Å². The summed E-state index contributed by atoms with van der Waals surface area (Å²) in [5.74, 6) is 0.724. The van der Waals surface area contributed by atoms with Crippen molar-refractivity contribution in [3.63, 3.8) is 0 Å². The van der Waals surface area contributed by atoms with Gasteiger partial charge in [-0.25, -0.2) is 0 Å². The molecule has 0 aromatic rings. The fourth-order valence-corrected chi connectivity index (χ4v) is 2.71. The smallest absolute Gasteiger partial charge is 0.00915 e. The van der Waals surface area contributed by atoms with Crippen LogP contribution in [-0.4, -0.2) is 0 Å². The van der Waals surface area contributed by atoms with Crippen LogP contribution < -0.4 is 0 Å². The van der Waals surface area contributed by atoms with Crippen molar-refractivity contribution in [2.45, 2.75) is 26.2 Å². The molecule has 0 aromatic heterocycles. The predicted octanol–water partition coefficient (Wildman–Crippen LogP) is 4.10. The maximum absolute atomic E-state index is 2.38. The highest BCUT2D eigenvalue weighted by atomic mass is 14.2. The summed E-state index contributed by atoms with van der Waals surface area (Å²) in [6.45, 7) is 2.27. The van der Waals surface area contributed by atoms with Crippen molar-refractivity contribution < 1.29 is 0 Å². The standard InChI is InChI=1S/C15H16/c1-11-9-12-5-6-13(11)7-8-14-3-2-4-15(14)10-12/h2,4-8,12H,3,9-10H2,1H3/b8-7-. The summed E-state index contributed by atoms with van der Waals surface area (Å²) in [5.41, 5.74) is 6.04. The van der Waals surface area contributed by atoms with E-state index in [1.807, 2.05) is 0 Å². The number of rotatable bonds is 0. The van der Waals surface area contributed by atoms with Gasteiger partial charge in [0.2, 0.25) is 0 Å². The molecule has 76 valence electrons. The van der Waals surface area contributed by atoms with Crippen molar-refractivity contribution in [1.82, 2.24) is 0 Å². The largest absolute Gasteiger partial charge is 0.0802 e. The van der Waals surface area contributed by atoms with E-state index in [0.717, 1.165) is 12.3 Å². The average molecular weight is 196 g/mol. The summed E-state index contributed by atoms with van der Waals surface area (Å²) in [6.07, 6.45) is 17.5. The Morgan fingerprint density at radius 1 is 1.00 bits per heavy atom. The van der Waals surface area contributed by atoms with Crippen molar-refractivity contribution >= 4 is 0 Å². The topological polar surface area (TPSA) is 0 Å². The first-order chi connectivity index (χ1) is 7.33. The van der Waals surface area contributed by atoms with Crippen molar-refractivity contribution in [1.29, 1.82) is 0 Å². The molecular formula is C15H16. The molecular weight excluding hydrogens is 180 g/mol. The first-order valence-electron chi connectivity index (χ1n) is 5.77. The van der Waals surface area contributed by atoms with E-state index in [0.29, 0.717) is 0 Å². The Hall–Kier alpha value is -1.30. The predicted molar refractivity (Wildman–Crippen MR) is 64.5 cm³/mol. The van der Waals surface area contributed by atoms with Crippen molar-refractivity contribution in [3.8, 4) is 0 Å². The molecule has 0 heterocycles. The van der Waals surface area contributed by atoms with E-state index in [-0.39, 0.29) is 0 Å². The number of allylic oxidation sites excluding steroid dienone is 10. The Balaban J connectivity index is 2.06. The minimum absolute atomic E-state index is 0.724. The van der Waals surface area contributed by atoms with Crippen molar-refractivity contribution in [2.75, 3.05) is 0 Å². The van der Waals surface area contributed by atoms with Gasteiger partial charge in [0, 0.05) is 0 Å².